The van der Waals surface area contributed by atoms with Crippen LogP contribution in [0.25, 0.3) is 0 Å². The molecule has 2 unspecified atom stereocenters. The van der Waals surface area contributed by atoms with E-state index in [0.29, 0.717) is 24.5 Å². The van der Waals surface area contributed by atoms with Gasteiger partial charge in [-0.05, 0) is 57.7 Å². The number of piperidine rings is 1. The first-order chi connectivity index (χ1) is 15.4. The Kier molecular flexibility index (Phi) is 9.95. The van der Waals surface area contributed by atoms with Crippen molar-refractivity contribution in [3.05, 3.63) is 34.9 Å². The maximum absolute atomic E-state index is 14.0. The van der Waals surface area contributed by atoms with Crippen molar-refractivity contribution in [2.75, 3.05) is 26.2 Å². The Morgan fingerprint density at radius 1 is 1.12 bits per heavy atom. The summed E-state index contributed by atoms with van der Waals surface area (Å²) < 4.78 is 39.1. The van der Waals surface area contributed by atoms with Gasteiger partial charge in [-0.15, -0.1) is 0 Å². The number of carbonyl (C=O) groups excluding carboxylic acids is 1. The highest BCUT2D eigenvalue weighted by Crippen LogP contribution is 2.31. The molecule has 0 bridgehead atoms. The Morgan fingerprint density at radius 3 is 2.21 bits per heavy atom. The zero-order chi connectivity index (χ0) is 24.8. The fourth-order valence-electron chi connectivity index (χ4n) is 4.25. The quantitative estimate of drug-likeness (QED) is 0.518. The molecule has 1 aromatic rings. The van der Waals surface area contributed by atoms with Gasteiger partial charge in [-0.25, -0.2) is 13.6 Å². The number of amides is 1. The number of ether oxygens (including phenoxy) is 2. The number of alkyl halides is 2. The van der Waals surface area contributed by atoms with Crippen molar-refractivity contribution in [3.63, 3.8) is 0 Å². The van der Waals surface area contributed by atoms with Crippen LogP contribution in [-0.2, 0) is 15.9 Å². The second-order valence-corrected chi connectivity index (χ2v) is 10.1. The molecule has 0 N–H and O–H groups in total. The standard InChI is InChI=1S/C23H33ClF2N2O3.C2H6/c1-22(2,3)31-21(29)27-11-9-18(10-12-27)28-14-20(23(4,25)26)30-15-19(28)13-16-5-7-17(24)8-6-16;1-2/h5-8,18-20H,9-15H2,1-4H3;1-2H3. The maximum Gasteiger partial charge on any atom is 0.410 e. The predicted molar refractivity (Wildman–Crippen MR) is 128 cm³/mol. The highest BCUT2D eigenvalue weighted by atomic mass is 35.5. The van der Waals surface area contributed by atoms with Gasteiger partial charge in [-0.2, -0.15) is 0 Å². The van der Waals surface area contributed by atoms with Crippen LogP contribution in [0.1, 0.15) is 59.9 Å². The average Bonchev–Trinajstić information content (AvgIpc) is 2.75. The van der Waals surface area contributed by atoms with Gasteiger partial charge in [0.2, 0.25) is 0 Å². The number of hydrogen-bond donors (Lipinski definition) is 0. The summed E-state index contributed by atoms with van der Waals surface area (Å²) in [6, 6.07) is 7.72. The van der Waals surface area contributed by atoms with E-state index in [2.05, 4.69) is 4.90 Å². The van der Waals surface area contributed by atoms with Gasteiger partial charge in [-0.1, -0.05) is 37.6 Å². The normalized spacial score (nSPS) is 23.0. The third-order valence-corrected chi connectivity index (χ3v) is 6.12. The molecule has 0 aromatic heterocycles. The minimum absolute atomic E-state index is 0.00199. The monoisotopic (exact) mass is 488 g/mol. The molecule has 2 saturated heterocycles. The Labute approximate surface area is 202 Å². The van der Waals surface area contributed by atoms with Crippen LogP contribution in [0, 0.1) is 0 Å². The van der Waals surface area contributed by atoms with Crippen LogP contribution in [0.15, 0.2) is 24.3 Å². The van der Waals surface area contributed by atoms with E-state index >= 15 is 0 Å². The molecule has 2 heterocycles. The SMILES string of the molecule is CC.CC(C)(C)OC(=O)N1CCC(N2CC(C(C)(F)F)OCC2Cc2ccc(Cl)cc2)CC1. The molecule has 5 nitrogen and oxygen atoms in total. The van der Waals surface area contributed by atoms with Crippen molar-refractivity contribution >= 4 is 17.7 Å². The van der Waals surface area contributed by atoms with Crippen molar-refractivity contribution in [1.82, 2.24) is 9.80 Å². The highest BCUT2D eigenvalue weighted by Gasteiger charge is 2.44. The number of morpholine rings is 1. The number of hydrogen-bond acceptors (Lipinski definition) is 4. The Bertz CT molecular complexity index is 742. The van der Waals surface area contributed by atoms with Crippen LogP contribution in [0.2, 0.25) is 5.02 Å². The molecular weight excluding hydrogens is 450 g/mol. The predicted octanol–water partition coefficient (Wildman–Crippen LogP) is 6.03. The Hall–Kier alpha value is -1.44. The number of nitrogens with zero attached hydrogens (tertiary/aromatic N) is 2. The first-order valence-electron chi connectivity index (χ1n) is 11.9. The molecule has 0 saturated carbocycles. The van der Waals surface area contributed by atoms with Crippen molar-refractivity contribution < 1.29 is 23.0 Å². The number of halogens is 3. The van der Waals surface area contributed by atoms with E-state index in [1.807, 2.05) is 58.9 Å². The lowest BCUT2D eigenvalue weighted by molar-refractivity contribution is -0.179. The molecule has 2 aliphatic heterocycles. The number of likely N-dealkylation sites (tertiary alicyclic amines) is 1. The fourth-order valence-corrected chi connectivity index (χ4v) is 4.37. The smallest absolute Gasteiger partial charge is 0.410 e. The molecule has 2 atom stereocenters. The van der Waals surface area contributed by atoms with Crippen molar-refractivity contribution in [2.24, 2.45) is 0 Å². The number of benzene rings is 1. The summed E-state index contributed by atoms with van der Waals surface area (Å²) in [5.74, 6) is -2.90. The topological polar surface area (TPSA) is 42.0 Å². The zero-order valence-electron chi connectivity index (χ0n) is 20.7. The maximum atomic E-state index is 14.0. The molecule has 8 heteroatoms. The summed E-state index contributed by atoms with van der Waals surface area (Å²) in [5, 5.41) is 0.667. The molecular formula is C25H39ClF2N2O3. The summed E-state index contributed by atoms with van der Waals surface area (Å²) in [6.07, 6.45) is 0.698. The van der Waals surface area contributed by atoms with Crippen molar-refractivity contribution in [1.29, 1.82) is 0 Å². The summed E-state index contributed by atoms with van der Waals surface area (Å²) in [6.45, 7) is 12.0. The lowest BCUT2D eigenvalue weighted by Gasteiger charge is -2.47. The average molecular weight is 489 g/mol. The molecule has 1 amide bonds. The Morgan fingerprint density at radius 2 is 1.70 bits per heavy atom. The third kappa shape index (κ3) is 8.37. The van der Waals surface area contributed by atoms with Gasteiger partial charge in [0.15, 0.2) is 0 Å². The first-order valence-corrected chi connectivity index (χ1v) is 12.3. The second kappa shape index (κ2) is 11.8. The highest BCUT2D eigenvalue weighted by molar-refractivity contribution is 6.30. The molecule has 2 fully saturated rings. The summed E-state index contributed by atoms with van der Waals surface area (Å²) in [4.78, 5) is 16.3. The van der Waals surface area contributed by atoms with E-state index in [0.717, 1.165) is 25.3 Å². The van der Waals surface area contributed by atoms with Crippen molar-refractivity contribution in [3.8, 4) is 0 Å². The summed E-state index contributed by atoms with van der Waals surface area (Å²) in [5.41, 5.74) is 0.553. The molecule has 3 rings (SSSR count). The van der Waals surface area contributed by atoms with Gasteiger partial charge in [0, 0.05) is 43.7 Å². The van der Waals surface area contributed by atoms with E-state index in [1.54, 1.807) is 4.90 Å². The van der Waals surface area contributed by atoms with Crippen LogP contribution >= 0.6 is 11.6 Å². The molecule has 33 heavy (non-hydrogen) atoms. The van der Waals surface area contributed by atoms with Gasteiger partial charge >= 0.3 is 6.09 Å². The summed E-state index contributed by atoms with van der Waals surface area (Å²) >= 11 is 5.99. The lowest BCUT2D eigenvalue weighted by Crippen LogP contribution is -2.60. The second-order valence-electron chi connectivity index (χ2n) is 9.66. The first kappa shape index (κ1) is 27.8. The van der Waals surface area contributed by atoms with Gasteiger partial charge in [0.1, 0.15) is 11.7 Å². The van der Waals surface area contributed by atoms with Crippen LogP contribution in [-0.4, -0.2) is 71.8 Å². The lowest BCUT2D eigenvalue weighted by atomic mass is 9.95. The van der Waals surface area contributed by atoms with Crippen molar-refractivity contribution in [2.45, 2.75) is 90.5 Å². The fraction of sp³-hybridized carbons (Fsp3) is 0.720. The van der Waals surface area contributed by atoms with E-state index in [1.165, 1.54) is 0 Å². The van der Waals surface area contributed by atoms with Gasteiger partial charge < -0.3 is 14.4 Å². The van der Waals surface area contributed by atoms with E-state index in [-0.39, 0.29) is 31.3 Å². The molecule has 188 valence electrons. The molecule has 0 radical (unpaired) electrons. The molecule has 0 aliphatic carbocycles. The largest absolute Gasteiger partial charge is 0.444 e. The molecule has 0 spiro atoms. The third-order valence-electron chi connectivity index (χ3n) is 5.87. The molecule has 2 aliphatic rings. The minimum Gasteiger partial charge on any atom is -0.444 e. The van der Waals surface area contributed by atoms with Crippen LogP contribution in [0.4, 0.5) is 13.6 Å². The van der Waals surface area contributed by atoms with E-state index in [9.17, 15) is 13.6 Å². The molecule has 1 aromatic carbocycles. The van der Waals surface area contributed by atoms with Crippen LogP contribution < -0.4 is 0 Å². The van der Waals surface area contributed by atoms with E-state index in [4.69, 9.17) is 21.1 Å². The Balaban J connectivity index is 0.00000187. The van der Waals surface area contributed by atoms with Gasteiger partial charge in [0.25, 0.3) is 5.92 Å². The van der Waals surface area contributed by atoms with Crippen LogP contribution in [0.5, 0.6) is 0 Å². The van der Waals surface area contributed by atoms with E-state index < -0.39 is 17.6 Å². The number of carbonyl (C=O) groups is 1. The van der Waals surface area contributed by atoms with Gasteiger partial charge in [-0.3, -0.25) is 4.90 Å². The minimum atomic E-state index is -2.90. The summed E-state index contributed by atoms with van der Waals surface area (Å²) in [7, 11) is 0. The zero-order valence-corrected chi connectivity index (χ0v) is 21.5. The van der Waals surface area contributed by atoms with Gasteiger partial charge in [0.05, 0.1) is 6.61 Å². The number of rotatable bonds is 4. The van der Waals surface area contributed by atoms with Crippen LogP contribution in [0.3, 0.4) is 0 Å².